The summed E-state index contributed by atoms with van der Waals surface area (Å²) in [6.45, 7) is 1.58. The molecule has 0 bridgehead atoms. The van der Waals surface area contributed by atoms with Gasteiger partial charge in [-0.15, -0.1) is 11.3 Å². The number of carbonyl (C=O) groups excluding carboxylic acids is 1. The van der Waals surface area contributed by atoms with Gasteiger partial charge >= 0.3 is 0 Å². The van der Waals surface area contributed by atoms with Crippen LogP contribution < -0.4 is 5.32 Å². The van der Waals surface area contributed by atoms with Crippen molar-refractivity contribution in [3.63, 3.8) is 0 Å². The Morgan fingerprint density at radius 3 is 3.00 bits per heavy atom. The largest absolute Gasteiger partial charge is 0.296 e. The first-order valence-corrected chi connectivity index (χ1v) is 9.12. The molecule has 0 atom stereocenters. The Kier molecular flexibility index (Phi) is 4.87. The van der Waals surface area contributed by atoms with Crippen LogP contribution in [0, 0.1) is 11.6 Å². The summed E-state index contributed by atoms with van der Waals surface area (Å²) >= 11 is 1.38. The van der Waals surface area contributed by atoms with Gasteiger partial charge < -0.3 is 0 Å². The van der Waals surface area contributed by atoms with Crippen LogP contribution in [0.2, 0.25) is 0 Å². The van der Waals surface area contributed by atoms with Gasteiger partial charge in [0, 0.05) is 48.9 Å². The van der Waals surface area contributed by atoms with E-state index in [1.165, 1.54) is 36.0 Å². The topological polar surface area (TPSA) is 71.0 Å². The molecule has 9 heteroatoms. The lowest BCUT2D eigenvalue weighted by Gasteiger charge is -2.25. The Morgan fingerprint density at radius 1 is 1.30 bits per heavy atom. The van der Waals surface area contributed by atoms with Gasteiger partial charge in [0.05, 0.1) is 11.9 Å². The quantitative estimate of drug-likeness (QED) is 0.745. The predicted molar refractivity (Wildman–Crippen MR) is 96.3 cm³/mol. The van der Waals surface area contributed by atoms with Gasteiger partial charge in [-0.3, -0.25) is 20.0 Å². The van der Waals surface area contributed by atoms with E-state index in [9.17, 15) is 13.6 Å². The molecule has 27 heavy (non-hydrogen) atoms. The minimum Gasteiger partial charge on any atom is -0.296 e. The number of hydrogen-bond acceptors (Lipinski definition) is 6. The van der Waals surface area contributed by atoms with Crippen LogP contribution >= 0.6 is 11.3 Å². The monoisotopic (exact) mass is 387 g/mol. The summed E-state index contributed by atoms with van der Waals surface area (Å²) in [6, 6.07) is 3.49. The van der Waals surface area contributed by atoms with E-state index >= 15 is 0 Å². The van der Waals surface area contributed by atoms with Crippen molar-refractivity contribution < 1.29 is 13.6 Å². The summed E-state index contributed by atoms with van der Waals surface area (Å²) in [5.41, 5.74) is 1.47. The van der Waals surface area contributed by atoms with Gasteiger partial charge in [-0.1, -0.05) is 0 Å². The molecule has 0 radical (unpaired) electrons. The van der Waals surface area contributed by atoms with Crippen LogP contribution in [0.3, 0.4) is 0 Å². The number of nitrogens with zero attached hydrogens (tertiary/aromatic N) is 4. The number of anilines is 1. The Hall–Kier alpha value is -2.78. The van der Waals surface area contributed by atoms with E-state index in [-0.39, 0.29) is 11.6 Å². The SMILES string of the molecule is O=C(Nc1nc2c(s1)CN(Cc1cc(F)ccc1F)CC2)c1cnccn1. The van der Waals surface area contributed by atoms with Crippen molar-refractivity contribution >= 4 is 22.4 Å². The number of amides is 1. The number of rotatable bonds is 4. The van der Waals surface area contributed by atoms with E-state index in [0.717, 1.165) is 22.7 Å². The molecule has 2 aromatic heterocycles. The van der Waals surface area contributed by atoms with E-state index in [0.29, 0.717) is 36.8 Å². The van der Waals surface area contributed by atoms with Crippen molar-refractivity contribution in [3.8, 4) is 0 Å². The molecule has 0 saturated carbocycles. The highest BCUT2D eigenvalue weighted by atomic mass is 32.1. The molecule has 1 aliphatic rings. The highest BCUT2D eigenvalue weighted by molar-refractivity contribution is 7.15. The molecule has 4 rings (SSSR count). The Labute approximate surface area is 157 Å². The molecule has 1 amide bonds. The maximum absolute atomic E-state index is 13.9. The first kappa shape index (κ1) is 17.6. The van der Waals surface area contributed by atoms with Crippen molar-refractivity contribution in [2.45, 2.75) is 19.5 Å². The van der Waals surface area contributed by atoms with Gasteiger partial charge in [-0.2, -0.15) is 0 Å². The fourth-order valence-corrected chi connectivity index (χ4v) is 3.97. The zero-order valence-corrected chi connectivity index (χ0v) is 15.0. The summed E-state index contributed by atoms with van der Waals surface area (Å²) in [6.07, 6.45) is 5.02. The van der Waals surface area contributed by atoms with Crippen molar-refractivity contribution in [2.75, 3.05) is 11.9 Å². The standard InChI is InChI=1S/C18H15F2N5OS/c19-12-1-2-13(20)11(7-12)9-25-6-3-14-16(10-25)27-18(23-14)24-17(26)15-8-21-4-5-22-15/h1-2,4-5,7-8H,3,6,9-10H2,(H,23,24,26). The second kappa shape index (κ2) is 7.45. The van der Waals surface area contributed by atoms with E-state index in [1.807, 2.05) is 4.90 Å². The molecule has 0 spiro atoms. The first-order chi connectivity index (χ1) is 13.1. The van der Waals surface area contributed by atoms with Crippen LogP contribution in [0.15, 0.2) is 36.8 Å². The lowest BCUT2D eigenvalue weighted by molar-refractivity contribution is 0.102. The highest BCUT2D eigenvalue weighted by Crippen LogP contribution is 2.29. The molecule has 1 aromatic carbocycles. The van der Waals surface area contributed by atoms with Crippen molar-refractivity contribution in [2.24, 2.45) is 0 Å². The Morgan fingerprint density at radius 2 is 2.19 bits per heavy atom. The average molecular weight is 387 g/mol. The van der Waals surface area contributed by atoms with Crippen LogP contribution in [0.5, 0.6) is 0 Å². The number of carbonyl (C=O) groups is 1. The maximum Gasteiger partial charge on any atom is 0.277 e. The molecule has 0 fully saturated rings. The number of hydrogen-bond donors (Lipinski definition) is 1. The summed E-state index contributed by atoms with van der Waals surface area (Å²) in [7, 11) is 0. The van der Waals surface area contributed by atoms with Crippen molar-refractivity contribution in [3.05, 3.63) is 70.3 Å². The number of fused-ring (bicyclic) bond motifs is 1. The van der Waals surface area contributed by atoms with Gasteiger partial charge in [-0.05, 0) is 18.2 Å². The summed E-state index contributed by atoms with van der Waals surface area (Å²) in [5, 5.41) is 3.23. The molecule has 0 aliphatic carbocycles. The second-order valence-electron chi connectivity index (χ2n) is 6.13. The third-order valence-corrected chi connectivity index (χ3v) is 5.23. The first-order valence-electron chi connectivity index (χ1n) is 8.31. The van der Waals surface area contributed by atoms with Crippen molar-refractivity contribution in [1.29, 1.82) is 0 Å². The number of thiazole rings is 1. The van der Waals surface area contributed by atoms with Gasteiger partial charge in [0.1, 0.15) is 17.3 Å². The summed E-state index contributed by atoms with van der Waals surface area (Å²) in [5.74, 6) is -1.23. The molecule has 3 aromatic rings. The molecular formula is C18H15F2N5OS. The molecule has 1 N–H and O–H groups in total. The Balaban J connectivity index is 1.44. The van der Waals surface area contributed by atoms with Gasteiger partial charge in [0.15, 0.2) is 5.13 Å². The summed E-state index contributed by atoms with van der Waals surface area (Å²) < 4.78 is 27.2. The predicted octanol–water partition coefficient (Wildman–Crippen LogP) is 3.02. The second-order valence-corrected chi connectivity index (χ2v) is 7.21. The number of benzene rings is 1. The molecule has 6 nitrogen and oxygen atoms in total. The zero-order valence-electron chi connectivity index (χ0n) is 14.2. The van der Waals surface area contributed by atoms with Crippen LogP contribution in [-0.4, -0.2) is 32.3 Å². The van der Waals surface area contributed by atoms with Crippen molar-refractivity contribution in [1.82, 2.24) is 19.9 Å². The van der Waals surface area contributed by atoms with E-state index in [4.69, 9.17) is 0 Å². The minimum absolute atomic E-state index is 0.217. The zero-order chi connectivity index (χ0) is 18.8. The van der Waals surface area contributed by atoms with Crippen LogP contribution in [-0.2, 0) is 19.5 Å². The number of halogens is 2. The van der Waals surface area contributed by atoms with Crippen LogP contribution in [0.25, 0.3) is 0 Å². The van der Waals surface area contributed by atoms with Crippen LogP contribution in [0.1, 0.15) is 26.6 Å². The molecule has 0 saturated heterocycles. The van der Waals surface area contributed by atoms with Gasteiger partial charge in [0.25, 0.3) is 5.91 Å². The minimum atomic E-state index is -0.448. The molecule has 3 heterocycles. The molecule has 1 aliphatic heterocycles. The third kappa shape index (κ3) is 3.99. The average Bonchev–Trinajstić information content (AvgIpc) is 3.07. The smallest absolute Gasteiger partial charge is 0.277 e. The highest BCUT2D eigenvalue weighted by Gasteiger charge is 2.22. The van der Waals surface area contributed by atoms with E-state index in [2.05, 4.69) is 20.3 Å². The number of nitrogens with one attached hydrogen (secondary N) is 1. The fraction of sp³-hybridized carbons (Fsp3) is 0.222. The molecule has 0 unspecified atom stereocenters. The lowest BCUT2D eigenvalue weighted by atomic mass is 10.1. The lowest BCUT2D eigenvalue weighted by Crippen LogP contribution is -2.29. The van der Waals surface area contributed by atoms with E-state index in [1.54, 1.807) is 0 Å². The van der Waals surface area contributed by atoms with Crippen LogP contribution in [0.4, 0.5) is 13.9 Å². The summed E-state index contributed by atoms with van der Waals surface area (Å²) in [4.78, 5) is 27.5. The molecular weight excluding hydrogens is 372 g/mol. The normalized spacial score (nSPS) is 14.0. The van der Waals surface area contributed by atoms with Gasteiger partial charge in [-0.25, -0.2) is 18.7 Å². The van der Waals surface area contributed by atoms with Gasteiger partial charge in [0.2, 0.25) is 0 Å². The van der Waals surface area contributed by atoms with E-state index < -0.39 is 11.6 Å². The third-order valence-electron chi connectivity index (χ3n) is 4.23. The number of aromatic nitrogens is 3. The molecule has 138 valence electrons. The fourth-order valence-electron chi connectivity index (χ4n) is 2.92. The Bertz CT molecular complexity index is 979. The maximum atomic E-state index is 13.9.